The van der Waals surface area contributed by atoms with Crippen LogP contribution in [0.15, 0.2) is 24.5 Å². The van der Waals surface area contributed by atoms with Crippen LogP contribution in [0.3, 0.4) is 0 Å². The fraction of sp³-hybridized carbons (Fsp3) is 0. The lowest BCUT2D eigenvalue weighted by Gasteiger charge is -1.98. The smallest absolute Gasteiger partial charge is 0.153 e. The van der Waals surface area contributed by atoms with Crippen LogP contribution in [0, 0.1) is 17.1 Å². The highest BCUT2D eigenvalue weighted by atomic mass is 19.1. The molecule has 2 rings (SSSR count). The first-order chi connectivity index (χ1) is 6.76. The maximum Gasteiger partial charge on any atom is 0.153 e. The molecule has 0 bridgehead atoms. The van der Waals surface area contributed by atoms with Crippen LogP contribution in [0.1, 0.15) is 15.9 Å². The van der Waals surface area contributed by atoms with E-state index in [1.165, 1.54) is 16.7 Å². The first-order valence-corrected chi connectivity index (χ1v) is 3.92. The zero-order valence-corrected chi connectivity index (χ0v) is 7.07. The summed E-state index contributed by atoms with van der Waals surface area (Å²) in [6.07, 6.45) is 3.19. The van der Waals surface area contributed by atoms with E-state index >= 15 is 0 Å². The zero-order valence-electron chi connectivity index (χ0n) is 7.07. The lowest BCUT2D eigenvalue weighted by Crippen LogP contribution is -1.92. The van der Waals surface area contributed by atoms with Gasteiger partial charge in [-0.25, -0.2) is 4.39 Å². The van der Waals surface area contributed by atoms with Crippen LogP contribution < -0.4 is 0 Å². The summed E-state index contributed by atoms with van der Waals surface area (Å²) in [6, 6.07) is 4.90. The van der Waals surface area contributed by atoms with Crippen LogP contribution in [0.25, 0.3) is 5.52 Å². The van der Waals surface area contributed by atoms with Gasteiger partial charge in [0.1, 0.15) is 11.9 Å². The van der Waals surface area contributed by atoms with Crippen molar-refractivity contribution < 1.29 is 9.18 Å². The average molecular weight is 188 g/mol. The highest BCUT2D eigenvalue weighted by Gasteiger charge is 2.06. The second kappa shape index (κ2) is 2.96. The van der Waals surface area contributed by atoms with Crippen molar-refractivity contribution in [3.63, 3.8) is 0 Å². The molecule has 0 atom stereocenters. The Morgan fingerprint density at radius 3 is 3.00 bits per heavy atom. The van der Waals surface area contributed by atoms with Gasteiger partial charge in [0, 0.05) is 12.4 Å². The minimum atomic E-state index is -0.590. The van der Waals surface area contributed by atoms with E-state index in [1.54, 1.807) is 12.3 Å². The van der Waals surface area contributed by atoms with Crippen LogP contribution in [0.5, 0.6) is 0 Å². The molecule has 14 heavy (non-hydrogen) atoms. The number of carbonyl (C=O) groups excluding carboxylic acids is 1. The number of carbonyl (C=O) groups is 1. The summed E-state index contributed by atoms with van der Waals surface area (Å²) in [5.74, 6) is -0.590. The molecule has 4 heteroatoms. The van der Waals surface area contributed by atoms with Crippen molar-refractivity contribution in [2.24, 2.45) is 0 Å². The number of rotatable bonds is 1. The highest BCUT2D eigenvalue weighted by molar-refractivity contribution is 5.79. The van der Waals surface area contributed by atoms with Gasteiger partial charge >= 0.3 is 0 Å². The Bertz CT molecular complexity index is 551. The summed E-state index contributed by atoms with van der Waals surface area (Å²) >= 11 is 0. The summed E-state index contributed by atoms with van der Waals surface area (Å²) in [6.45, 7) is 0. The molecule has 0 unspecified atom stereocenters. The van der Waals surface area contributed by atoms with Crippen molar-refractivity contribution in [3.05, 3.63) is 41.5 Å². The molecule has 0 aliphatic heterocycles. The Balaban J connectivity index is 2.85. The van der Waals surface area contributed by atoms with Gasteiger partial charge < -0.3 is 4.40 Å². The SMILES string of the molecule is N#Cc1ccn2cc(F)c(C=O)cc12. The van der Waals surface area contributed by atoms with Crippen molar-refractivity contribution in [2.45, 2.75) is 0 Å². The standard InChI is InChI=1S/C10H5FN2O/c11-9-5-13-2-1-7(4-12)10(13)3-8(9)6-14/h1-3,5-6H. The number of aldehydes is 1. The molecule has 2 aromatic rings. The van der Waals surface area contributed by atoms with Crippen LogP contribution >= 0.6 is 0 Å². The van der Waals surface area contributed by atoms with Gasteiger partial charge in [0.15, 0.2) is 6.29 Å². The summed E-state index contributed by atoms with van der Waals surface area (Å²) < 4.78 is 14.6. The molecule has 0 aromatic carbocycles. The van der Waals surface area contributed by atoms with Crippen molar-refractivity contribution in [1.29, 1.82) is 5.26 Å². The molecule has 0 radical (unpaired) electrons. The van der Waals surface area contributed by atoms with Crippen LogP contribution in [-0.2, 0) is 0 Å². The van der Waals surface area contributed by atoms with Crippen molar-refractivity contribution in [3.8, 4) is 6.07 Å². The number of nitrogens with zero attached hydrogens (tertiary/aromatic N) is 2. The van der Waals surface area contributed by atoms with Gasteiger partial charge in [-0.1, -0.05) is 0 Å². The molecule has 2 aromatic heterocycles. The topological polar surface area (TPSA) is 45.3 Å². The third-order valence-electron chi connectivity index (χ3n) is 2.02. The van der Waals surface area contributed by atoms with Crippen LogP contribution in [0.4, 0.5) is 4.39 Å². The maximum atomic E-state index is 13.1. The molecular weight excluding hydrogens is 183 g/mol. The predicted octanol–water partition coefficient (Wildman–Crippen LogP) is 1.76. The summed E-state index contributed by atoms with van der Waals surface area (Å²) in [7, 11) is 0. The summed E-state index contributed by atoms with van der Waals surface area (Å²) in [4.78, 5) is 10.5. The van der Waals surface area contributed by atoms with Gasteiger partial charge in [0.2, 0.25) is 0 Å². The second-order valence-corrected chi connectivity index (χ2v) is 2.83. The number of pyridine rings is 1. The fourth-order valence-electron chi connectivity index (χ4n) is 1.32. The molecule has 0 aliphatic carbocycles. The van der Waals surface area contributed by atoms with Gasteiger partial charge in [-0.15, -0.1) is 0 Å². The molecule has 2 heterocycles. The molecule has 0 aliphatic rings. The zero-order chi connectivity index (χ0) is 10.1. The quantitative estimate of drug-likeness (QED) is 0.640. The molecule has 0 saturated carbocycles. The Hall–Kier alpha value is -2.15. The minimum Gasteiger partial charge on any atom is -0.320 e. The summed E-state index contributed by atoms with van der Waals surface area (Å²) in [5.41, 5.74) is 0.928. The number of hydrogen-bond acceptors (Lipinski definition) is 2. The molecule has 0 fully saturated rings. The van der Waals surface area contributed by atoms with E-state index < -0.39 is 5.82 Å². The molecular formula is C10H5FN2O. The van der Waals surface area contributed by atoms with E-state index in [1.807, 2.05) is 6.07 Å². The van der Waals surface area contributed by atoms with E-state index in [2.05, 4.69) is 0 Å². The summed E-state index contributed by atoms with van der Waals surface area (Å²) in [5, 5.41) is 8.71. The van der Waals surface area contributed by atoms with Gasteiger partial charge in [0.05, 0.1) is 16.6 Å². The number of hydrogen-bond donors (Lipinski definition) is 0. The molecule has 68 valence electrons. The highest BCUT2D eigenvalue weighted by Crippen LogP contribution is 2.15. The van der Waals surface area contributed by atoms with Gasteiger partial charge in [-0.3, -0.25) is 4.79 Å². The third-order valence-corrected chi connectivity index (χ3v) is 2.02. The fourth-order valence-corrected chi connectivity index (χ4v) is 1.32. The largest absolute Gasteiger partial charge is 0.320 e. The van der Waals surface area contributed by atoms with Gasteiger partial charge in [-0.05, 0) is 12.1 Å². The molecule has 0 amide bonds. The normalized spacial score (nSPS) is 10.0. The number of aromatic nitrogens is 1. The minimum absolute atomic E-state index is 0.0345. The van der Waals surface area contributed by atoms with Gasteiger partial charge in [0.25, 0.3) is 0 Å². The van der Waals surface area contributed by atoms with E-state index in [4.69, 9.17) is 5.26 Å². The molecule has 0 spiro atoms. The monoisotopic (exact) mass is 188 g/mol. The molecule has 0 N–H and O–H groups in total. The van der Waals surface area contributed by atoms with Crippen molar-refractivity contribution in [2.75, 3.05) is 0 Å². The lowest BCUT2D eigenvalue weighted by molar-refractivity contribution is 0.112. The second-order valence-electron chi connectivity index (χ2n) is 2.83. The van der Waals surface area contributed by atoms with Crippen molar-refractivity contribution >= 4 is 11.8 Å². The Labute approximate surface area is 79.0 Å². The third kappa shape index (κ3) is 1.07. The number of fused-ring (bicyclic) bond motifs is 1. The average Bonchev–Trinajstić information content (AvgIpc) is 2.58. The van der Waals surface area contributed by atoms with E-state index in [-0.39, 0.29) is 5.56 Å². The molecule has 3 nitrogen and oxygen atoms in total. The van der Waals surface area contributed by atoms with Crippen molar-refractivity contribution in [1.82, 2.24) is 4.40 Å². The maximum absolute atomic E-state index is 13.1. The Morgan fingerprint density at radius 1 is 1.57 bits per heavy atom. The van der Waals surface area contributed by atoms with E-state index in [0.717, 1.165) is 0 Å². The van der Waals surface area contributed by atoms with Crippen LogP contribution in [0.2, 0.25) is 0 Å². The van der Waals surface area contributed by atoms with E-state index in [9.17, 15) is 9.18 Å². The first-order valence-electron chi connectivity index (χ1n) is 3.92. The molecule has 0 saturated heterocycles. The Morgan fingerprint density at radius 2 is 2.36 bits per heavy atom. The van der Waals surface area contributed by atoms with Crippen LogP contribution in [-0.4, -0.2) is 10.7 Å². The van der Waals surface area contributed by atoms with E-state index in [0.29, 0.717) is 17.4 Å². The first kappa shape index (κ1) is 8.45. The number of halogens is 1. The lowest BCUT2D eigenvalue weighted by atomic mass is 10.2. The Kier molecular flexibility index (Phi) is 1.79. The predicted molar refractivity (Wildman–Crippen MR) is 47.5 cm³/mol. The number of nitriles is 1. The van der Waals surface area contributed by atoms with Gasteiger partial charge in [-0.2, -0.15) is 5.26 Å².